The van der Waals surface area contributed by atoms with Gasteiger partial charge in [0.25, 0.3) is 0 Å². The number of benzene rings is 1. The summed E-state index contributed by atoms with van der Waals surface area (Å²) in [7, 11) is 3.54. The van der Waals surface area contributed by atoms with Crippen LogP contribution in [0.1, 0.15) is 38.2 Å². The zero-order valence-corrected chi connectivity index (χ0v) is 14.1. The molecule has 0 radical (unpaired) electrons. The molecule has 0 heterocycles. The van der Waals surface area contributed by atoms with Crippen LogP contribution in [0.3, 0.4) is 0 Å². The van der Waals surface area contributed by atoms with Gasteiger partial charge in [0.1, 0.15) is 5.75 Å². The van der Waals surface area contributed by atoms with E-state index < -0.39 is 0 Å². The highest BCUT2D eigenvalue weighted by atomic mass is 16.5. The molecule has 122 valence electrons. The molecule has 0 amide bonds. The Kier molecular flexibility index (Phi) is 6.10. The van der Waals surface area contributed by atoms with E-state index in [1.165, 1.54) is 31.2 Å². The van der Waals surface area contributed by atoms with Gasteiger partial charge in [-0.3, -0.25) is 4.99 Å². The Morgan fingerprint density at radius 2 is 2.14 bits per heavy atom. The van der Waals surface area contributed by atoms with Gasteiger partial charge in [0.05, 0.1) is 7.11 Å². The highest BCUT2D eigenvalue weighted by Gasteiger charge is 2.34. The number of rotatable bonds is 7. The Hall–Kier alpha value is -1.71. The molecular formula is C18H29N3O. The fourth-order valence-electron chi connectivity index (χ4n) is 2.98. The SMILES string of the molecule is CCC1(CNC(=NC)NCCc2cccc(OC)c2)CCC1. The smallest absolute Gasteiger partial charge is 0.191 e. The third-order valence-corrected chi connectivity index (χ3v) is 4.86. The summed E-state index contributed by atoms with van der Waals surface area (Å²) in [5, 5.41) is 6.88. The fraction of sp³-hybridized carbons (Fsp3) is 0.611. The first-order valence-corrected chi connectivity index (χ1v) is 8.29. The van der Waals surface area contributed by atoms with E-state index >= 15 is 0 Å². The summed E-state index contributed by atoms with van der Waals surface area (Å²) in [5.74, 6) is 1.82. The summed E-state index contributed by atoms with van der Waals surface area (Å²) in [6.07, 6.45) is 6.27. The lowest BCUT2D eigenvalue weighted by atomic mass is 9.67. The molecule has 1 aliphatic rings. The van der Waals surface area contributed by atoms with Crippen LogP contribution >= 0.6 is 0 Å². The first kappa shape index (κ1) is 16.7. The summed E-state index contributed by atoms with van der Waals surface area (Å²) in [6.45, 7) is 4.19. The van der Waals surface area contributed by atoms with Crippen molar-refractivity contribution in [3.05, 3.63) is 29.8 Å². The molecule has 2 N–H and O–H groups in total. The Balaban J connectivity index is 1.74. The summed E-state index contributed by atoms with van der Waals surface area (Å²) < 4.78 is 5.25. The van der Waals surface area contributed by atoms with Crippen LogP contribution in [-0.2, 0) is 6.42 Å². The predicted molar refractivity (Wildman–Crippen MR) is 92.6 cm³/mol. The lowest BCUT2D eigenvalue weighted by Crippen LogP contribution is -2.46. The average Bonchev–Trinajstić information content (AvgIpc) is 2.52. The molecule has 0 aliphatic heterocycles. The molecule has 0 bridgehead atoms. The van der Waals surface area contributed by atoms with Crippen LogP contribution in [0.4, 0.5) is 0 Å². The second-order valence-electron chi connectivity index (χ2n) is 6.16. The summed E-state index contributed by atoms with van der Waals surface area (Å²) in [4.78, 5) is 4.32. The van der Waals surface area contributed by atoms with E-state index in [0.717, 1.165) is 31.2 Å². The Labute approximate surface area is 134 Å². The van der Waals surface area contributed by atoms with E-state index in [9.17, 15) is 0 Å². The van der Waals surface area contributed by atoms with Gasteiger partial charge >= 0.3 is 0 Å². The molecule has 1 saturated carbocycles. The molecule has 4 nitrogen and oxygen atoms in total. The van der Waals surface area contributed by atoms with Gasteiger partial charge in [0.2, 0.25) is 0 Å². The van der Waals surface area contributed by atoms with Crippen molar-refractivity contribution in [3.8, 4) is 5.75 Å². The van der Waals surface area contributed by atoms with Crippen molar-refractivity contribution in [2.24, 2.45) is 10.4 Å². The average molecular weight is 303 g/mol. The highest BCUT2D eigenvalue weighted by Crippen LogP contribution is 2.42. The molecule has 0 aromatic heterocycles. The van der Waals surface area contributed by atoms with Crippen molar-refractivity contribution in [2.75, 3.05) is 27.2 Å². The normalized spacial score (nSPS) is 16.8. The number of nitrogens with one attached hydrogen (secondary N) is 2. The van der Waals surface area contributed by atoms with Crippen LogP contribution < -0.4 is 15.4 Å². The highest BCUT2D eigenvalue weighted by molar-refractivity contribution is 5.79. The summed E-state index contributed by atoms with van der Waals surface area (Å²) in [6, 6.07) is 8.21. The molecule has 2 rings (SSSR count). The molecule has 1 aliphatic carbocycles. The van der Waals surface area contributed by atoms with Crippen molar-refractivity contribution in [2.45, 2.75) is 39.0 Å². The van der Waals surface area contributed by atoms with Crippen molar-refractivity contribution < 1.29 is 4.74 Å². The molecular weight excluding hydrogens is 274 g/mol. The number of aliphatic imine (C=N–C) groups is 1. The maximum absolute atomic E-state index is 5.25. The minimum absolute atomic E-state index is 0.504. The second kappa shape index (κ2) is 8.06. The zero-order valence-electron chi connectivity index (χ0n) is 14.1. The fourth-order valence-corrected chi connectivity index (χ4v) is 2.98. The molecule has 0 spiro atoms. The van der Waals surface area contributed by atoms with E-state index in [1.807, 2.05) is 19.2 Å². The van der Waals surface area contributed by atoms with Gasteiger partial charge in [0.15, 0.2) is 5.96 Å². The zero-order chi connectivity index (χ0) is 15.8. The van der Waals surface area contributed by atoms with E-state index in [2.05, 4.69) is 34.7 Å². The van der Waals surface area contributed by atoms with Gasteiger partial charge in [-0.15, -0.1) is 0 Å². The van der Waals surface area contributed by atoms with Gasteiger partial charge in [-0.05, 0) is 48.8 Å². The monoisotopic (exact) mass is 303 g/mol. The Morgan fingerprint density at radius 1 is 1.32 bits per heavy atom. The molecule has 0 unspecified atom stereocenters. The maximum atomic E-state index is 5.25. The van der Waals surface area contributed by atoms with Gasteiger partial charge in [-0.25, -0.2) is 0 Å². The van der Waals surface area contributed by atoms with E-state index in [4.69, 9.17) is 4.74 Å². The van der Waals surface area contributed by atoms with Gasteiger partial charge in [-0.1, -0.05) is 25.5 Å². The summed E-state index contributed by atoms with van der Waals surface area (Å²) >= 11 is 0. The van der Waals surface area contributed by atoms with Crippen molar-refractivity contribution >= 4 is 5.96 Å². The lowest BCUT2D eigenvalue weighted by Gasteiger charge is -2.41. The van der Waals surface area contributed by atoms with Gasteiger partial charge in [-0.2, -0.15) is 0 Å². The van der Waals surface area contributed by atoms with Crippen molar-refractivity contribution in [1.29, 1.82) is 0 Å². The minimum Gasteiger partial charge on any atom is -0.497 e. The first-order valence-electron chi connectivity index (χ1n) is 8.29. The van der Waals surface area contributed by atoms with E-state index in [0.29, 0.717) is 5.41 Å². The summed E-state index contributed by atoms with van der Waals surface area (Å²) in [5.41, 5.74) is 1.77. The largest absolute Gasteiger partial charge is 0.497 e. The number of hydrogen-bond acceptors (Lipinski definition) is 2. The standard InChI is InChI=1S/C18H29N3O/c1-4-18(10-6-11-18)14-21-17(19-2)20-12-9-15-7-5-8-16(13-15)22-3/h5,7-8,13H,4,6,9-12,14H2,1-3H3,(H2,19,20,21). The van der Waals surface area contributed by atoms with Crippen LogP contribution in [0, 0.1) is 5.41 Å². The van der Waals surface area contributed by atoms with E-state index in [1.54, 1.807) is 7.11 Å². The maximum Gasteiger partial charge on any atom is 0.191 e. The minimum atomic E-state index is 0.504. The third kappa shape index (κ3) is 4.39. The van der Waals surface area contributed by atoms with Crippen LogP contribution in [0.25, 0.3) is 0 Å². The molecule has 4 heteroatoms. The molecule has 0 saturated heterocycles. The molecule has 0 atom stereocenters. The van der Waals surface area contributed by atoms with E-state index in [-0.39, 0.29) is 0 Å². The van der Waals surface area contributed by atoms with Crippen molar-refractivity contribution in [1.82, 2.24) is 10.6 Å². The number of hydrogen-bond donors (Lipinski definition) is 2. The topological polar surface area (TPSA) is 45.7 Å². The lowest BCUT2D eigenvalue weighted by molar-refractivity contribution is 0.131. The molecule has 22 heavy (non-hydrogen) atoms. The number of guanidine groups is 1. The van der Waals surface area contributed by atoms with Crippen LogP contribution in [0.15, 0.2) is 29.3 Å². The quantitative estimate of drug-likeness (QED) is 0.601. The van der Waals surface area contributed by atoms with Crippen LogP contribution in [0.2, 0.25) is 0 Å². The van der Waals surface area contributed by atoms with Crippen molar-refractivity contribution in [3.63, 3.8) is 0 Å². The Bertz CT molecular complexity index is 489. The predicted octanol–water partition coefficient (Wildman–Crippen LogP) is 2.98. The second-order valence-corrected chi connectivity index (χ2v) is 6.16. The third-order valence-electron chi connectivity index (χ3n) is 4.86. The van der Waals surface area contributed by atoms with Gasteiger partial charge in [0, 0.05) is 20.1 Å². The first-order chi connectivity index (χ1) is 10.7. The number of ether oxygens (including phenoxy) is 1. The van der Waals surface area contributed by atoms with Gasteiger partial charge < -0.3 is 15.4 Å². The molecule has 1 fully saturated rings. The van der Waals surface area contributed by atoms with Crippen LogP contribution in [-0.4, -0.2) is 33.2 Å². The number of nitrogens with zero attached hydrogens (tertiary/aromatic N) is 1. The molecule has 1 aromatic rings. The number of methoxy groups -OCH3 is 1. The molecule has 1 aromatic carbocycles. The van der Waals surface area contributed by atoms with Crippen LogP contribution in [0.5, 0.6) is 5.75 Å². The Morgan fingerprint density at radius 3 is 2.73 bits per heavy atom.